The third-order valence-corrected chi connectivity index (χ3v) is 7.98. The number of rotatable bonds is 9. The second-order valence-corrected chi connectivity index (χ2v) is 11.4. The van der Waals surface area contributed by atoms with Crippen LogP contribution in [0.4, 0.5) is 13.2 Å². The van der Waals surface area contributed by atoms with Crippen LogP contribution in [-0.4, -0.2) is 63.9 Å². The summed E-state index contributed by atoms with van der Waals surface area (Å²) in [6.45, 7) is 3.24. The van der Waals surface area contributed by atoms with Crippen molar-refractivity contribution in [2.24, 2.45) is 0 Å². The van der Waals surface area contributed by atoms with Crippen molar-refractivity contribution in [2.75, 3.05) is 27.2 Å². The zero-order chi connectivity index (χ0) is 30.0. The molecule has 1 saturated heterocycles. The van der Waals surface area contributed by atoms with Gasteiger partial charge in [-0.1, -0.05) is 48.5 Å². The molecule has 1 heterocycles. The van der Waals surface area contributed by atoms with E-state index in [1.165, 1.54) is 0 Å². The van der Waals surface area contributed by atoms with Gasteiger partial charge in [-0.05, 0) is 73.9 Å². The van der Waals surface area contributed by atoms with E-state index in [2.05, 4.69) is 34.1 Å². The Labute approximate surface area is 238 Å². The number of nitrogens with one attached hydrogen (secondary N) is 2. The average molecular weight is 594 g/mol. The third-order valence-electron chi connectivity index (χ3n) is 6.58. The second kappa shape index (κ2) is 14.4. The van der Waals surface area contributed by atoms with Crippen molar-refractivity contribution in [2.45, 2.75) is 43.0 Å². The summed E-state index contributed by atoms with van der Waals surface area (Å²) < 4.78 is 65.9. The number of carboxylic acids is 1. The molecule has 8 nitrogen and oxygen atoms in total. The molecule has 3 N–H and O–H groups in total. The van der Waals surface area contributed by atoms with E-state index < -0.39 is 22.2 Å². The van der Waals surface area contributed by atoms with Crippen LogP contribution >= 0.6 is 0 Å². The van der Waals surface area contributed by atoms with Crippen LogP contribution in [0.3, 0.4) is 0 Å². The number of alkyl halides is 3. The molecule has 222 valence electrons. The van der Waals surface area contributed by atoms with Gasteiger partial charge in [0.05, 0.1) is 12.0 Å². The minimum Gasteiger partial charge on any atom is -0.496 e. The smallest absolute Gasteiger partial charge is 0.490 e. The molecule has 1 aliphatic heterocycles. The Kier molecular flexibility index (Phi) is 11.3. The maximum atomic E-state index is 13.0. The summed E-state index contributed by atoms with van der Waals surface area (Å²) in [5, 5.41) is 10.8. The van der Waals surface area contributed by atoms with Gasteiger partial charge in [0, 0.05) is 24.7 Å². The Balaban J connectivity index is 0.000000587. The molecule has 0 amide bonds. The predicted molar refractivity (Wildman–Crippen MR) is 150 cm³/mol. The summed E-state index contributed by atoms with van der Waals surface area (Å²) in [5.41, 5.74) is 3.74. The van der Waals surface area contributed by atoms with Crippen LogP contribution in [0.1, 0.15) is 24.0 Å². The van der Waals surface area contributed by atoms with Crippen LogP contribution in [0.5, 0.6) is 5.75 Å². The van der Waals surface area contributed by atoms with Crippen molar-refractivity contribution >= 4 is 16.0 Å². The lowest BCUT2D eigenvalue weighted by Crippen LogP contribution is -2.40. The Bertz CT molecular complexity index is 1390. The summed E-state index contributed by atoms with van der Waals surface area (Å²) in [6.07, 6.45) is -2.79. The molecule has 41 heavy (non-hydrogen) atoms. The molecule has 0 aromatic heterocycles. The molecule has 0 aliphatic carbocycles. The molecule has 0 atom stereocenters. The van der Waals surface area contributed by atoms with Gasteiger partial charge in [0.1, 0.15) is 5.75 Å². The van der Waals surface area contributed by atoms with E-state index >= 15 is 0 Å². The number of methoxy groups -OCH3 is 1. The Hall–Kier alpha value is -3.45. The first kappa shape index (κ1) is 32.1. The first-order chi connectivity index (χ1) is 19.4. The number of halogens is 3. The Morgan fingerprint density at radius 1 is 0.976 bits per heavy atom. The zero-order valence-electron chi connectivity index (χ0n) is 22.8. The average Bonchev–Trinajstić information content (AvgIpc) is 2.96. The number of carbonyl (C=O) groups is 1. The minimum absolute atomic E-state index is 0.234. The van der Waals surface area contributed by atoms with Crippen LogP contribution in [0.25, 0.3) is 11.1 Å². The lowest BCUT2D eigenvalue weighted by Gasteiger charge is -2.29. The third kappa shape index (κ3) is 9.85. The van der Waals surface area contributed by atoms with Gasteiger partial charge in [-0.25, -0.2) is 17.9 Å². The molecule has 0 radical (unpaired) electrons. The normalized spacial score (nSPS) is 14.7. The number of hydrogen-bond acceptors (Lipinski definition) is 6. The van der Waals surface area contributed by atoms with Crippen molar-refractivity contribution in [1.82, 2.24) is 14.9 Å². The quantitative estimate of drug-likeness (QED) is 0.331. The fourth-order valence-electron chi connectivity index (χ4n) is 4.25. The van der Waals surface area contributed by atoms with Crippen molar-refractivity contribution in [3.05, 3.63) is 83.9 Å². The maximum Gasteiger partial charge on any atom is 0.490 e. The minimum atomic E-state index is -5.08. The number of aliphatic carboxylic acids is 1. The summed E-state index contributed by atoms with van der Waals surface area (Å²) in [5.74, 6) is -2.04. The number of piperidine rings is 1. The molecule has 0 saturated carbocycles. The topological polar surface area (TPSA) is 108 Å². The predicted octanol–water partition coefficient (Wildman–Crippen LogP) is 4.66. The fraction of sp³-hybridized carbons (Fsp3) is 0.345. The van der Waals surface area contributed by atoms with Crippen LogP contribution in [0.2, 0.25) is 0 Å². The van der Waals surface area contributed by atoms with E-state index in [0.29, 0.717) is 6.04 Å². The molecule has 4 rings (SSSR count). The number of sulfonamides is 1. The van der Waals surface area contributed by atoms with E-state index in [0.717, 1.165) is 60.5 Å². The molecule has 1 aliphatic rings. The van der Waals surface area contributed by atoms with Gasteiger partial charge in [-0.2, -0.15) is 13.2 Å². The van der Waals surface area contributed by atoms with E-state index in [4.69, 9.17) is 14.6 Å². The molecule has 3 aromatic carbocycles. The molecule has 12 heteroatoms. The summed E-state index contributed by atoms with van der Waals surface area (Å²) in [4.78, 5) is 11.5. The van der Waals surface area contributed by atoms with E-state index in [9.17, 15) is 21.6 Å². The van der Waals surface area contributed by atoms with E-state index in [-0.39, 0.29) is 11.4 Å². The Morgan fingerprint density at radius 2 is 1.63 bits per heavy atom. The van der Waals surface area contributed by atoms with Crippen molar-refractivity contribution in [3.63, 3.8) is 0 Å². The molecular weight excluding hydrogens is 559 g/mol. The fourth-order valence-corrected chi connectivity index (χ4v) is 5.32. The molecule has 0 spiro atoms. The number of hydrogen-bond donors (Lipinski definition) is 3. The number of benzene rings is 3. The second-order valence-electron chi connectivity index (χ2n) is 9.63. The van der Waals surface area contributed by atoms with E-state index in [1.54, 1.807) is 25.3 Å². The van der Waals surface area contributed by atoms with Gasteiger partial charge >= 0.3 is 12.1 Å². The number of carboxylic acid groups (broad SMARTS) is 1. The first-order valence-corrected chi connectivity index (χ1v) is 14.4. The lowest BCUT2D eigenvalue weighted by molar-refractivity contribution is -0.192. The SMILES string of the molecule is COc1ccc(CNC2CCN(C)CC2)cc1-c1cccc(S(=O)(=O)NCc2ccccc2)c1.O=C(O)C(F)(F)F. The highest BCUT2D eigenvalue weighted by Crippen LogP contribution is 2.32. The summed E-state index contributed by atoms with van der Waals surface area (Å²) >= 11 is 0. The van der Waals surface area contributed by atoms with Gasteiger partial charge in [0.15, 0.2) is 0 Å². The monoisotopic (exact) mass is 593 g/mol. The van der Waals surface area contributed by atoms with Crippen molar-refractivity contribution in [1.29, 1.82) is 0 Å². The summed E-state index contributed by atoms with van der Waals surface area (Å²) in [6, 6.07) is 23.1. The highest BCUT2D eigenvalue weighted by molar-refractivity contribution is 7.89. The first-order valence-electron chi connectivity index (χ1n) is 12.9. The van der Waals surface area contributed by atoms with Crippen molar-refractivity contribution < 1.29 is 36.2 Å². The molecule has 1 fully saturated rings. The molecule has 0 unspecified atom stereocenters. The van der Waals surface area contributed by atoms with Crippen LogP contribution in [0.15, 0.2) is 77.7 Å². The van der Waals surface area contributed by atoms with E-state index in [1.807, 2.05) is 42.5 Å². The number of ether oxygens (including phenoxy) is 1. The van der Waals surface area contributed by atoms with Crippen LogP contribution in [0, 0.1) is 0 Å². The molecular formula is C29H34F3N3O5S. The standard InChI is InChI=1S/C27H33N3O3S.C2HF3O2/c1-30-15-13-24(14-16-30)28-19-22-11-12-27(33-2)26(17-22)23-9-6-10-25(18-23)34(31,32)29-20-21-7-4-3-5-8-21;3-2(4,5)1(6)7/h3-12,17-18,24,28-29H,13-16,19-20H2,1-2H3;(H,6,7). The van der Waals surface area contributed by atoms with Crippen LogP contribution < -0.4 is 14.8 Å². The maximum absolute atomic E-state index is 13.0. The van der Waals surface area contributed by atoms with Crippen molar-refractivity contribution in [3.8, 4) is 16.9 Å². The molecule has 3 aromatic rings. The van der Waals surface area contributed by atoms with Gasteiger partial charge in [-0.3, -0.25) is 0 Å². The van der Waals surface area contributed by atoms with Gasteiger partial charge in [0.25, 0.3) is 0 Å². The van der Waals surface area contributed by atoms with Gasteiger partial charge in [0.2, 0.25) is 10.0 Å². The molecule has 0 bridgehead atoms. The highest BCUT2D eigenvalue weighted by atomic mass is 32.2. The lowest BCUT2D eigenvalue weighted by atomic mass is 10.0. The highest BCUT2D eigenvalue weighted by Gasteiger charge is 2.38. The largest absolute Gasteiger partial charge is 0.496 e. The van der Waals surface area contributed by atoms with Gasteiger partial charge < -0.3 is 20.1 Å². The number of likely N-dealkylation sites (tertiary alicyclic amines) is 1. The zero-order valence-corrected chi connectivity index (χ0v) is 23.6. The summed E-state index contributed by atoms with van der Waals surface area (Å²) in [7, 11) is 0.145. The Morgan fingerprint density at radius 3 is 2.24 bits per heavy atom. The van der Waals surface area contributed by atoms with Gasteiger partial charge in [-0.15, -0.1) is 0 Å². The van der Waals surface area contributed by atoms with Crippen LogP contribution in [-0.2, 0) is 27.9 Å². The number of nitrogens with zero attached hydrogens (tertiary/aromatic N) is 1.